The summed E-state index contributed by atoms with van der Waals surface area (Å²) in [5.74, 6) is -2.05. The normalized spacial score (nSPS) is 10.2. The summed E-state index contributed by atoms with van der Waals surface area (Å²) in [7, 11) is 1.39. The molecule has 0 aliphatic carbocycles. The molecule has 0 aliphatic rings. The van der Waals surface area contributed by atoms with E-state index in [0.717, 1.165) is 6.07 Å². The van der Waals surface area contributed by atoms with Crippen molar-refractivity contribution in [1.29, 1.82) is 0 Å². The Morgan fingerprint density at radius 2 is 2.00 bits per heavy atom. The quantitative estimate of drug-likeness (QED) is 0.886. The molecule has 2 aromatic carbocycles. The first kappa shape index (κ1) is 14.8. The van der Waals surface area contributed by atoms with Crippen LogP contribution in [-0.4, -0.2) is 23.3 Å². The lowest BCUT2D eigenvalue weighted by atomic mass is 10.2. The Balaban J connectivity index is 2.45. The van der Waals surface area contributed by atoms with Crippen molar-refractivity contribution < 1.29 is 28.9 Å². The molecular weight excluding hydrogens is 279 g/mol. The van der Waals surface area contributed by atoms with Crippen LogP contribution in [0.15, 0.2) is 36.4 Å². The van der Waals surface area contributed by atoms with Crippen molar-refractivity contribution in [2.45, 2.75) is 6.61 Å². The largest absolute Gasteiger partial charge is 0.493 e. The number of methoxy groups -OCH3 is 1. The maximum atomic E-state index is 13.8. The molecule has 0 atom stereocenters. The lowest BCUT2D eigenvalue weighted by Gasteiger charge is -2.13. The van der Waals surface area contributed by atoms with Crippen molar-refractivity contribution >= 4 is 5.97 Å². The van der Waals surface area contributed by atoms with Crippen molar-refractivity contribution in [3.8, 4) is 17.2 Å². The van der Waals surface area contributed by atoms with Crippen molar-refractivity contribution in [2.75, 3.05) is 7.11 Å². The number of ether oxygens (including phenoxy) is 2. The van der Waals surface area contributed by atoms with Crippen LogP contribution < -0.4 is 9.47 Å². The smallest absolute Gasteiger partial charge is 0.339 e. The van der Waals surface area contributed by atoms with E-state index >= 15 is 0 Å². The monoisotopic (exact) mass is 292 g/mol. The molecule has 0 bridgehead atoms. The van der Waals surface area contributed by atoms with Gasteiger partial charge in [-0.25, -0.2) is 9.18 Å². The van der Waals surface area contributed by atoms with Gasteiger partial charge in [0.1, 0.15) is 5.56 Å². The zero-order chi connectivity index (χ0) is 15.4. The number of aromatic carboxylic acids is 1. The number of hydrogen-bond donors (Lipinski definition) is 2. The van der Waals surface area contributed by atoms with E-state index in [-0.39, 0.29) is 29.4 Å². The number of para-hydroxylation sites is 1. The molecule has 0 saturated carbocycles. The molecule has 2 N–H and O–H groups in total. The van der Waals surface area contributed by atoms with Crippen LogP contribution >= 0.6 is 0 Å². The topological polar surface area (TPSA) is 76.0 Å². The summed E-state index contributed by atoms with van der Waals surface area (Å²) in [5.41, 5.74) is 0.300. The van der Waals surface area contributed by atoms with Gasteiger partial charge in [-0.3, -0.25) is 0 Å². The first-order chi connectivity index (χ1) is 10.1. The van der Waals surface area contributed by atoms with Crippen LogP contribution in [0.1, 0.15) is 15.9 Å². The van der Waals surface area contributed by atoms with Crippen LogP contribution in [0.5, 0.6) is 17.2 Å². The Morgan fingerprint density at radius 1 is 1.24 bits per heavy atom. The van der Waals surface area contributed by atoms with Crippen LogP contribution in [0.4, 0.5) is 4.39 Å². The molecular formula is C15H13FO5. The molecule has 0 radical (unpaired) electrons. The Bertz CT molecular complexity index is 669. The fourth-order valence-electron chi connectivity index (χ4n) is 1.79. The zero-order valence-corrected chi connectivity index (χ0v) is 11.2. The van der Waals surface area contributed by atoms with Gasteiger partial charge < -0.3 is 19.7 Å². The molecule has 0 fully saturated rings. The third-order valence-electron chi connectivity index (χ3n) is 2.82. The van der Waals surface area contributed by atoms with Crippen LogP contribution in [0.25, 0.3) is 0 Å². The second kappa shape index (κ2) is 6.23. The summed E-state index contributed by atoms with van der Waals surface area (Å²) in [5, 5.41) is 18.1. The predicted octanol–water partition coefficient (Wildman–Crippen LogP) is 2.82. The summed E-state index contributed by atoms with van der Waals surface area (Å²) in [4.78, 5) is 11.1. The van der Waals surface area contributed by atoms with Gasteiger partial charge in [0.25, 0.3) is 0 Å². The molecule has 110 valence electrons. The van der Waals surface area contributed by atoms with E-state index in [4.69, 9.17) is 19.7 Å². The third-order valence-corrected chi connectivity index (χ3v) is 2.82. The summed E-state index contributed by atoms with van der Waals surface area (Å²) < 4.78 is 24.3. The van der Waals surface area contributed by atoms with Gasteiger partial charge in [0.15, 0.2) is 23.1 Å². The second-order valence-corrected chi connectivity index (χ2v) is 4.17. The number of aliphatic hydroxyl groups excluding tert-OH is 1. The third kappa shape index (κ3) is 3.11. The standard InChI is InChI=1S/C15H13FO5/c1-20-13-7-9(8-17)5-6-12(13)21-14-10(15(18)19)3-2-4-11(14)16/h2-7,17H,8H2,1H3,(H,18,19). The van der Waals surface area contributed by atoms with E-state index in [9.17, 15) is 9.18 Å². The van der Waals surface area contributed by atoms with E-state index in [2.05, 4.69) is 0 Å². The number of carbonyl (C=O) groups is 1. The Labute approximate surface area is 120 Å². The summed E-state index contributed by atoms with van der Waals surface area (Å²) in [6.07, 6.45) is 0. The molecule has 0 saturated heterocycles. The molecule has 0 aromatic heterocycles. The highest BCUT2D eigenvalue weighted by Gasteiger charge is 2.18. The molecule has 6 heteroatoms. The molecule has 0 spiro atoms. The SMILES string of the molecule is COc1cc(CO)ccc1Oc1c(F)cccc1C(=O)O. The van der Waals surface area contributed by atoms with E-state index in [0.29, 0.717) is 5.56 Å². The predicted molar refractivity (Wildman–Crippen MR) is 72.4 cm³/mol. The maximum absolute atomic E-state index is 13.8. The van der Waals surface area contributed by atoms with E-state index < -0.39 is 11.8 Å². The number of hydrogen-bond acceptors (Lipinski definition) is 4. The minimum absolute atomic E-state index is 0.155. The lowest BCUT2D eigenvalue weighted by molar-refractivity contribution is 0.0693. The average Bonchev–Trinajstić information content (AvgIpc) is 2.49. The Hall–Kier alpha value is -2.60. The minimum atomic E-state index is -1.30. The second-order valence-electron chi connectivity index (χ2n) is 4.17. The first-order valence-corrected chi connectivity index (χ1v) is 6.04. The number of halogens is 1. The lowest BCUT2D eigenvalue weighted by Crippen LogP contribution is -2.02. The molecule has 0 amide bonds. The minimum Gasteiger partial charge on any atom is -0.493 e. The van der Waals surface area contributed by atoms with Gasteiger partial charge >= 0.3 is 5.97 Å². The highest BCUT2D eigenvalue weighted by Crippen LogP contribution is 2.35. The summed E-state index contributed by atoms with van der Waals surface area (Å²) in [6, 6.07) is 8.21. The maximum Gasteiger partial charge on any atom is 0.339 e. The van der Waals surface area contributed by atoms with Crippen molar-refractivity contribution in [3.63, 3.8) is 0 Å². The number of carboxylic acids is 1. The molecule has 21 heavy (non-hydrogen) atoms. The number of rotatable bonds is 5. The van der Waals surface area contributed by atoms with Crippen LogP contribution in [0.2, 0.25) is 0 Å². The van der Waals surface area contributed by atoms with Crippen LogP contribution in [-0.2, 0) is 6.61 Å². The van der Waals surface area contributed by atoms with Gasteiger partial charge in [0, 0.05) is 0 Å². The molecule has 2 aromatic rings. The molecule has 0 aliphatic heterocycles. The van der Waals surface area contributed by atoms with Crippen LogP contribution in [0.3, 0.4) is 0 Å². The highest BCUT2D eigenvalue weighted by atomic mass is 19.1. The average molecular weight is 292 g/mol. The Kier molecular flexibility index (Phi) is 4.39. The van der Waals surface area contributed by atoms with Gasteiger partial charge in [-0.2, -0.15) is 0 Å². The van der Waals surface area contributed by atoms with Gasteiger partial charge in [0.2, 0.25) is 0 Å². The van der Waals surface area contributed by atoms with Gasteiger partial charge in [0.05, 0.1) is 13.7 Å². The van der Waals surface area contributed by atoms with Gasteiger partial charge in [-0.05, 0) is 29.8 Å². The summed E-state index contributed by atoms with van der Waals surface area (Å²) in [6.45, 7) is -0.184. The number of carboxylic acid groups (broad SMARTS) is 1. The summed E-state index contributed by atoms with van der Waals surface area (Å²) >= 11 is 0. The van der Waals surface area contributed by atoms with Crippen molar-refractivity contribution in [1.82, 2.24) is 0 Å². The number of aliphatic hydroxyl groups is 1. The zero-order valence-electron chi connectivity index (χ0n) is 11.2. The first-order valence-electron chi connectivity index (χ1n) is 6.04. The van der Waals surface area contributed by atoms with E-state index in [1.165, 1.54) is 31.4 Å². The van der Waals surface area contributed by atoms with E-state index in [1.807, 2.05) is 0 Å². The fraction of sp³-hybridized carbons (Fsp3) is 0.133. The van der Waals surface area contributed by atoms with Crippen molar-refractivity contribution in [2.24, 2.45) is 0 Å². The van der Waals surface area contributed by atoms with E-state index in [1.54, 1.807) is 6.07 Å². The fourth-order valence-corrected chi connectivity index (χ4v) is 1.79. The Morgan fingerprint density at radius 3 is 2.62 bits per heavy atom. The molecule has 5 nitrogen and oxygen atoms in total. The van der Waals surface area contributed by atoms with Gasteiger partial charge in [-0.15, -0.1) is 0 Å². The van der Waals surface area contributed by atoms with Gasteiger partial charge in [-0.1, -0.05) is 12.1 Å². The highest BCUT2D eigenvalue weighted by molar-refractivity contribution is 5.91. The van der Waals surface area contributed by atoms with Crippen molar-refractivity contribution in [3.05, 3.63) is 53.3 Å². The molecule has 2 rings (SSSR count). The molecule has 0 heterocycles. The van der Waals surface area contributed by atoms with Crippen LogP contribution in [0, 0.1) is 5.82 Å². The number of benzene rings is 2. The molecule has 0 unspecified atom stereocenters.